The van der Waals surface area contributed by atoms with Gasteiger partial charge in [0.25, 0.3) is 0 Å². The highest BCUT2D eigenvalue weighted by atomic mass is 27.3. The van der Waals surface area contributed by atoms with Gasteiger partial charge in [-0.2, -0.15) is 0 Å². The lowest BCUT2D eigenvalue weighted by atomic mass is 10.2. The summed E-state index contributed by atoms with van der Waals surface area (Å²) in [5, 5.41) is 0. The van der Waals surface area contributed by atoms with Crippen LogP contribution < -0.4 is 0 Å². The number of hydrogen-bond acceptors (Lipinski definition) is 6. The maximum Gasteiger partial charge on any atom is 1.00 e. The van der Waals surface area contributed by atoms with Crippen LogP contribution in [0.25, 0.3) is 0 Å². The van der Waals surface area contributed by atoms with Crippen LogP contribution in [0, 0.1) is 0 Å². The van der Waals surface area contributed by atoms with Gasteiger partial charge in [-0.3, -0.25) is 9.59 Å². The Balaban J connectivity index is 4.42. The van der Waals surface area contributed by atoms with Gasteiger partial charge in [-0.05, 0) is 34.6 Å². The molecule has 0 heterocycles. The Labute approximate surface area is 112 Å². The van der Waals surface area contributed by atoms with Crippen LogP contribution in [-0.2, 0) is 25.7 Å². The second kappa shape index (κ2) is 8.38. The Hall–Kier alpha value is -0.738. The number of ketones is 2. The quantitative estimate of drug-likeness (QED) is 0.372. The Kier molecular flexibility index (Phi) is 8.04. The van der Waals surface area contributed by atoms with E-state index < -0.39 is 33.3 Å². The monoisotopic (exact) mass is 274 g/mol. The van der Waals surface area contributed by atoms with Crippen LogP contribution in [0.1, 0.15) is 41.0 Å². The fraction of sp³-hybridized carbons (Fsp3) is 0.727. The average Bonchev–Trinajstić information content (AvgIpc) is 2.13. The topological polar surface area (TPSA) is 78.9 Å². The van der Waals surface area contributed by atoms with E-state index in [9.17, 15) is 14.4 Å². The summed E-state index contributed by atoms with van der Waals surface area (Å²) >= 11 is -2.69. The predicted octanol–water partition coefficient (Wildman–Crippen LogP) is 0.913. The molecule has 6 nitrogen and oxygen atoms in total. The van der Waals surface area contributed by atoms with Crippen molar-refractivity contribution in [2.45, 2.75) is 53.2 Å². The molecule has 0 aromatic rings. The van der Waals surface area contributed by atoms with Crippen molar-refractivity contribution in [3.63, 3.8) is 0 Å². The van der Waals surface area contributed by atoms with Crippen LogP contribution in [-0.4, -0.2) is 44.9 Å². The zero-order valence-electron chi connectivity index (χ0n) is 11.4. The van der Waals surface area contributed by atoms with Crippen molar-refractivity contribution in [1.82, 2.24) is 0 Å². The molecule has 0 saturated heterocycles. The first-order valence-corrected chi connectivity index (χ1v) is 7.18. The van der Waals surface area contributed by atoms with Crippen molar-refractivity contribution in [3.05, 3.63) is 0 Å². The zero-order chi connectivity index (χ0) is 14.3. The van der Waals surface area contributed by atoms with Crippen molar-refractivity contribution in [1.29, 1.82) is 0 Å². The number of carbonyl (C=O) groups is 3. The van der Waals surface area contributed by atoms with Crippen LogP contribution in [0.4, 0.5) is 0 Å². The maximum absolute atomic E-state index is 11.4. The van der Waals surface area contributed by atoms with Crippen LogP contribution >= 0.6 is 0 Å². The normalized spacial score (nSPS) is 10.6. The summed E-state index contributed by atoms with van der Waals surface area (Å²) < 4.78 is 15.5. The summed E-state index contributed by atoms with van der Waals surface area (Å²) in [5.41, 5.74) is 0. The minimum Gasteiger partial charge on any atom is -0.566 e. The molecule has 0 radical (unpaired) electrons. The van der Waals surface area contributed by atoms with Crippen LogP contribution in [0.2, 0.25) is 0 Å². The first-order chi connectivity index (χ1) is 8.22. The molecular formula is C11H19AlO6. The molecule has 18 heavy (non-hydrogen) atoms. The molecule has 0 aromatic carbocycles. The van der Waals surface area contributed by atoms with Gasteiger partial charge < -0.3 is 11.4 Å². The number of rotatable bonds is 8. The second-order valence-electron chi connectivity index (χ2n) is 4.37. The molecular weight excluding hydrogens is 255 g/mol. The largest absolute Gasteiger partial charge is 1.00 e. The van der Waals surface area contributed by atoms with Gasteiger partial charge in [0.15, 0.2) is 0 Å². The Morgan fingerprint density at radius 2 is 1.44 bits per heavy atom. The summed E-state index contributed by atoms with van der Waals surface area (Å²) in [6.45, 7) is 8.32. The van der Waals surface area contributed by atoms with Crippen molar-refractivity contribution in [2.24, 2.45) is 0 Å². The lowest BCUT2D eigenvalue weighted by molar-refractivity contribution is -0.151. The van der Waals surface area contributed by atoms with Gasteiger partial charge in [-0.25, -0.2) is 4.79 Å². The Morgan fingerprint density at radius 3 is 1.78 bits per heavy atom. The van der Waals surface area contributed by atoms with E-state index in [1.54, 1.807) is 27.7 Å². The molecule has 0 aliphatic rings. The third-order valence-corrected chi connectivity index (χ3v) is 3.55. The van der Waals surface area contributed by atoms with E-state index in [2.05, 4.69) is 0 Å². The van der Waals surface area contributed by atoms with E-state index in [1.165, 1.54) is 6.92 Å². The van der Waals surface area contributed by atoms with Crippen molar-refractivity contribution < 1.29 is 25.7 Å². The minimum absolute atomic E-state index is 0.170. The smallest absolute Gasteiger partial charge is 0.566 e. The van der Waals surface area contributed by atoms with Gasteiger partial charge in [0, 0.05) is 12.2 Å². The van der Waals surface area contributed by atoms with Crippen LogP contribution in [0.15, 0.2) is 0 Å². The van der Waals surface area contributed by atoms with Gasteiger partial charge in [-0.1, -0.05) is 0 Å². The Morgan fingerprint density at radius 1 is 1.00 bits per heavy atom. The molecule has 7 heteroatoms. The van der Waals surface area contributed by atoms with E-state index in [-0.39, 0.29) is 18.0 Å². The second-order valence-corrected chi connectivity index (χ2v) is 5.72. The third-order valence-electron chi connectivity index (χ3n) is 1.61. The number of carbonyl (C=O) groups excluding carboxylic acids is 3. The molecule has 0 aliphatic carbocycles. The van der Waals surface area contributed by atoms with E-state index in [1.807, 2.05) is 0 Å². The van der Waals surface area contributed by atoms with Gasteiger partial charge in [0.2, 0.25) is 5.78 Å². The van der Waals surface area contributed by atoms with E-state index in [4.69, 9.17) is 11.4 Å². The summed E-state index contributed by atoms with van der Waals surface area (Å²) in [4.78, 5) is 33.4. The lowest BCUT2D eigenvalue weighted by Gasteiger charge is -2.17. The molecule has 0 spiro atoms. The molecule has 0 fully saturated rings. The SMILES string of the molecule is CC(=O)CC(=O)C(=O)[O][Al]([O]C(C)C)[O]C(C)C. The predicted molar refractivity (Wildman–Crippen MR) is 64.6 cm³/mol. The van der Waals surface area contributed by atoms with Gasteiger partial charge in [-0.15, -0.1) is 0 Å². The molecule has 0 bridgehead atoms. The molecule has 0 aliphatic heterocycles. The highest BCUT2D eigenvalue weighted by molar-refractivity contribution is 6.47. The fourth-order valence-corrected chi connectivity index (χ4v) is 2.35. The molecule has 0 amide bonds. The van der Waals surface area contributed by atoms with E-state index in [0.29, 0.717) is 0 Å². The van der Waals surface area contributed by atoms with Crippen LogP contribution in [0.5, 0.6) is 0 Å². The van der Waals surface area contributed by atoms with Gasteiger partial charge in [0.1, 0.15) is 5.78 Å². The summed E-state index contributed by atoms with van der Waals surface area (Å²) in [7, 11) is 0. The van der Waals surface area contributed by atoms with Crippen molar-refractivity contribution >= 4 is 32.7 Å². The summed E-state index contributed by atoms with van der Waals surface area (Å²) in [6.07, 6.45) is -0.796. The van der Waals surface area contributed by atoms with Crippen LogP contribution in [0.3, 0.4) is 0 Å². The molecule has 0 aromatic heterocycles. The summed E-state index contributed by atoms with van der Waals surface area (Å²) in [5.74, 6) is -2.33. The standard InChI is InChI=1S/C5H6O4.2C3H7O.Al/c1-3(6)2-4(7)5(8)9;2*1-3(2)4;/h2H2,1H3,(H,8,9);2*3H,1-2H3;/q;2*-1;+3/p-1. The molecule has 0 N–H and O–H groups in total. The maximum atomic E-state index is 11.4. The number of hydrogen-bond donors (Lipinski definition) is 0. The van der Waals surface area contributed by atoms with Crippen molar-refractivity contribution in [2.75, 3.05) is 0 Å². The van der Waals surface area contributed by atoms with E-state index in [0.717, 1.165) is 0 Å². The average molecular weight is 274 g/mol. The first kappa shape index (κ1) is 17.3. The molecule has 102 valence electrons. The fourth-order valence-electron chi connectivity index (χ4n) is 0.983. The molecule has 0 rings (SSSR count). The first-order valence-electron chi connectivity index (χ1n) is 5.76. The van der Waals surface area contributed by atoms with Gasteiger partial charge in [0.05, 0.1) is 6.42 Å². The highest BCUT2D eigenvalue weighted by Gasteiger charge is 2.40. The summed E-state index contributed by atoms with van der Waals surface area (Å²) in [6, 6.07) is 0. The molecule has 0 unspecified atom stereocenters. The van der Waals surface area contributed by atoms with Crippen molar-refractivity contribution in [3.8, 4) is 0 Å². The molecule has 0 atom stereocenters. The van der Waals surface area contributed by atoms with E-state index >= 15 is 0 Å². The zero-order valence-corrected chi connectivity index (χ0v) is 12.5. The Bertz CT molecular complexity index is 303. The minimum atomic E-state index is -2.69. The highest BCUT2D eigenvalue weighted by Crippen LogP contribution is 2.03. The number of Topliss-reactive ketones (excluding diaryl/α,β-unsaturated/α-hetero) is 2. The van der Waals surface area contributed by atoms with Gasteiger partial charge >= 0.3 is 21.1 Å². The lowest BCUT2D eigenvalue weighted by Crippen LogP contribution is -2.37. The molecule has 0 saturated carbocycles. The third kappa shape index (κ3) is 8.37.